The van der Waals surface area contributed by atoms with Crippen LogP contribution in [0.25, 0.3) is 10.1 Å². The fourth-order valence-electron chi connectivity index (χ4n) is 1.19. The van der Waals surface area contributed by atoms with Gasteiger partial charge in [0, 0.05) is 19.5 Å². The van der Waals surface area contributed by atoms with Gasteiger partial charge in [0.05, 0.1) is 4.70 Å². The van der Waals surface area contributed by atoms with E-state index in [-0.39, 0.29) is 6.03 Å². The van der Waals surface area contributed by atoms with Crippen molar-refractivity contribution in [3.05, 3.63) is 24.3 Å². The lowest BCUT2D eigenvalue weighted by Crippen LogP contribution is -2.27. The van der Waals surface area contributed by atoms with E-state index >= 15 is 0 Å². The summed E-state index contributed by atoms with van der Waals surface area (Å²) in [6.07, 6.45) is 0. The Morgan fingerprint density at radius 1 is 1.40 bits per heavy atom. The second-order valence-electron chi connectivity index (χ2n) is 3.35. The average Bonchev–Trinajstić information content (AvgIpc) is 2.62. The molecule has 0 unspecified atom stereocenters. The van der Waals surface area contributed by atoms with E-state index in [0.717, 1.165) is 10.1 Å². The molecule has 0 radical (unpaired) electrons. The van der Waals surface area contributed by atoms with E-state index in [4.69, 9.17) is 0 Å². The van der Waals surface area contributed by atoms with Crippen LogP contribution in [0, 0.1) is 0 Å². The average molecular weight is 221 g/mol. The molecule has 15 heavy (non-hydrogen) atoms. The predicted octanol–water partition coefficient (Wildman–Crippen LogP) is 2.39. The Morgan fingerprint density at radius 3 is 2.87 bits per heavy atom. The molecule has 2 aromatic rings. The van der Waals surface area contributed by atoms with Crippen LogP contribution in [-0.2, 0) is 0 Å². The van der Waals surface area contributed by atoms with Gasteiger partial charge in [0.15, 0.2) is 5.82 Å². The summed E-state index contributed by atoms with van der Waals surface area (Å²) in [5.41, 5.74) is 0. The van der Waals surface area contributed by atoms with Gasteiger partial charge in [-0.2, -0.15) is 4.37 Å². The molecule has 2 rings (SSSR count). The molecule has 0 aliphatic heterocycles. The van der Waals surface area contributed by atoms with Crippen molar-refractivity contribution in [1.82, 2.24) is 9.27 Å². The summed E-state index contributed by atoms with van der Waals surface area (Å²) in [7, 11) is 3.40. The third-order valence-electron chi connectivity index (χ3n) is 2.01. The number of hydrogen-bond donors (Lipinski definition) is 1. The van der Waals surface area contributed by atoms with Gasteiger partial charge in [0.2, 0.25) is 0 Å². The van der Waals surface area contributed by atoms with Gasteiger partial charge in [0.1, 0.15) is 0 Å². The highest BCUT2D eigenvalue weighted by atomic mass is 32.1. The highest BCUT2D eigenvalue weighted by Gasteiger charge is 2.09. The van der Waals surface area contributed by atoms with Gasteiger partial charge >= 0.3 is 6.03 Å². The van der Waals surface area contributed by atoms with E-state index in [1.807, 2.05) is 24.3 Å². The molecule has 1 aromatic carbocycles. The van der Waals surface area contributed by atoms with Crippen molar-refractivity contribution in [2.24, 2.45) is 0 Å². The van der Waals surface area contributed by atoms with E-state index < -0.39 is 0 Å². The number of aromatic nitrogens is 1. The van der Waals surface area contributed by atoms with Crippen molar-refractivity contribution in [3.8, 4) is 0 Å². The lowest BCUT2D eigenvalue weighted by atomic mass is 10.3. The van der Waals surface area contributed by atoms with Crippen LogP contribution >= 0.6 is 11.5 Å². The number of nitrogens with one attached hydrogen (secondary N) is 1. The summed E-state index contributed by atoms with van der Waals surface area (Å²) in [4.78, 5) is 12.9. The molecule has 0 saturated heterocycles. The van der Waals surface area contributed by atoms with Crippen LogP contribution < -0.4 is 5.32 Å². The molecule has 4 nitrogen and oxygen atoms in total. The minimum absolute atomic E-state index is 0.161. The molecule has 1 heterocycles. The second kappa shape index (κ2) is 3.86. The van der Waals surface area contributed by atoms with Gasteiger partial charge in [-0.25, -0.2) is 4.79 Å². The summed E-state index contributed by atoms with van der Waals surface area (Å²) in [5.74, 6) is 0.634. The van der Waals surface area contributed by atoms with E-state index in [1.165, 1.54) is 16.4 Å². The van der Waals surface area contributed by atoms with Crippen LogP contribution in [0.4, 0.5) is 10.6 Å². The SMILES string of the molecule is CN(C)C(=O)Nc1nsc2ccccc12. The first-order valence-electron chi connectivity index (χ1n) is 4.51. The Hall–Kier alpha value is -1.62. The molecule has 0 bridgehead atoms. The Labute approximate surface area is 91.7 Å². The fourth-order valence-corrected chi connectivity index (χ4v) is 1.93. The van der Waals surface area contributed by atoms with Crippen LogP contribution in [0.3, 0.4) is 0 Å². The van der Waals surface area contributed by atoms with Gasteiger partial charge in [-0.3, -0.25) is 5.32 Å². The Kier molecular flexibility index (Phi) is 2.55. The van der Waals surface area contributed by atoms with E-state index in [2.05, 4.69) is 9.69 Å². The van der Waals surface area contributed by atoms with E-state index in [0.29, 0.717) is 5.82 Å². The van der Waals surface area contributed by atoms with E-state index in [9.17, 15) is 4.79 Å². The summed E-state index contributed by atoms with van der Waals surface area (Å²) in [6.45, 7) is 0. The largest absolute Gasteiger partial charge is 0.331 e. The van der Waals surface area contributed by atoms with Crippen LogP contribution in [0.1, 0.15) is 0 Å². The molecule has 2 amide bonds. The molecule has 5 heteroatoms. The molecule has 0 spiro atoms. The monoisotopic (exact) mass is 221 g/mol. The van der Waals surface area contributed by atoms with Crippen molar-refractivity contribution in [3.63, 3.8) is 0 Å². The van der Waals surface area contributed by atoms with Crippen molar-refractivity contribution in [1.29, 1.82) is 0 Å². The quantitative estimate of drug-likeness (QED) is 0.803. The van der Waals surface area contributed by atoms with Gasteiger partial charge < -0.3 is 4.90 Å². The number of benzene rings is 1. The zero-order valence-electron chi connectivity index (χ0n) is 8.52. The van der Waals surface area contributed by atoms with Gasteiger partial charge in [-0.15, -0.1) is 0 Å². The highest BCUT2D eigenvalue weighted by Crippen LogP contribution is 2.26. The second-order valence-corrected chi connectivity index (χ2v) is 4.16. The number of fused-ring (bicyclic) bond motifs is 1. The standard InChI is InChI=1S/C10H11N3OS/c1-13(2)10(14)11-9-7-5-3-4-6-8(7)15-12-9/h3-6H,1-2H3,(H,11,12,14). The number of carbonyl (C=O) groups excluding carboxylic acids is 1. The smallest absolute Gasteiger partial charge is 0.322 e. The van der Waals surface area contributed by atoms with Gasteiger partial charge in [-0.05, 0) is 23.7 Å². The molecule has 0 saturated carbocycles. The minimum Gasteiger partial charge on any atom is -0.331 e. The molecule has 1 aromatic heterocycles. The van der Waals surface area contributed by atoms with Crippen LogP contribution in [-0.4, -0.2) is 29.4 Å². The zero-order chi connectivity index (χ0) is 10.8. The van der Waals surface area contributed by atoms with Crippen molar-refractivity contribution < 1.29 is 4.79 Å². The number of carbonyl (C=O) groups is 1. The number of hydrogen-bond acceptors (Lipinski definition) is 3. The minimum atomic E-state index is -0.161. The summed E-state index contributed by atoms with van der Waals surface area (Å²) >= 11 is 1.38. The lowest BCUT2D eigenvalue weighted by molar-refractivity contribution is 0.230. The molecule has 0 aliphatic carbocycles. The van der Waals surface area contributed by atoms with Gasteiger partial charge in [0.25, 0.3) is 0 Å². The highest BCUT2D eigenvalue weighted by molar-refractivity contribution is 7.13. The molecule has 0 aliphatic rings. The number of rotatable bonds is 1. The molecular weight excluding hydrogens is 210 g/mol. The summed E-state index contributed by atoms with van der Waals surface area (Å²) in [5, 5.41) is 3.73. The summed E-state index contributed by atoms with van der Waals surface area (Å²) < 4.78 is 5.28. The summed E-state index contributed by atoms with van der Waals surface area (Å²) in [6, 6.07) is 7.66. The van der Waals surface area contributed by atoms with Crippen LogP contribution in [0.15, 0.2) is 24.3 Å². The maximum absolute atomic E-state index is 11.4. The molecule has 1 N–H and O–H groups in total. The Morgan fingerprint density at radius 2 is 2.13 bits per heavy atom. The predicted molar refractivity (Wildman–Crippen MR) is 62.3 cm³/mol. The van der Waals surface area contributed by atoms with Crippen molar-refractivity contribution in [2.75, 3.05) is 19.4 Å². The third-order valence-corrected chi connectivity index (χ3v) is 2.84. The van der Waals surface area contributed by atoms with Gasteiger partial charge in [-0.1, -0.05) is 12.1 Å². The molecule has 0 fully saturated rings. The van der Waals surface area contributed by atoms with Crippen LogP contribution in [0.2, 0.25) is 0 Å². The number of nitrogens with zero attached hydrogens (tertiary/aromatic N) is 2. The maximum atomic E-state index is 11.4. The fraction of sp³-hybridized carbons (Fsp3) is 0.200. The molecular formula is C10H11N3OS. The number of amides is 2. The Balaban J connectivity index is 2.33. The molecule has 0 atom stereocenters. The first-order chi connectivity index (χ1) is 7.18. The third kappa shape index (κ3) is 1.92. The zero-order valence-corrected chi connectivity index (χ0v) is 9.34. The number of anilines is 1. The van der Waals surface area contributed by atoms with E-state index in [1.54, 1.807) is 14.1 Å². The maximum Gasteiger partial charge on any atom is 0.322 e. The topological polar surface area (TPSA) is 45.2 Å². The van der Waals surface area contributed by atoms with Crippen molar-refractivity contribution in [2.45, 2.75) is 0 Å². The number of urea groups is 1. The van der Waals surface area contributed by atoms with Crippen molar-refractivity contribution >= 4 is 33.5 Å². The first kappa shape index (κ1) is 9.92. The molecule has 78 valence electrons. The first-order valence-corrected chi connectivity index (χ1v) is 5.28. The Bertz CT molecular complexity index is 492. The normalized spacial score (nSPS) is 10.3. The van der Waals surface area contributed by atoms with Crippen LogP contribution in [0.5, 0.6) is 0 Å². The lowest BCUT2D eigenvalue weighted by Gasteiger charge is -2.09.